The molecule has 7 heteroatoms. The molecule has 4 rings (SSSR count). The monoisotopic (exact) mass is 401 g/mol. The number of aromatic nitrogens is 1. The molecule has 1 aromatic heterocycles. The van der Waals surface area contributed by atoms with Gasteiger partial charge >= 0.3 is 5.97 Å². The molecule has 156 valence electrons. The maximum absolute atomic E-state index is 13.7. The molecule has 0 saturated carbocycles. The summed E-state index contributed by atoms with van der Waals surface area (Å²) in [7, 11) is 3.94. The lowest BCUT2D eigenvalue weighted by Gasteiger charge is -2.36. The molecule has 1 N–H and O–H groups in total. The van der Waals surface area contributed by atoms with E-state index in [0.29, 0.717) is 25.9 Å². The normalized spacial score (nSPS) is 21.3. The van der Waals surface area contributed by atoms with Crippen molar-refractivity contribution in [2.75, 3.05) is 33.7 Å². The Balaban J connectivity index is 1.42. The molecule has 2 fully saturated rings. The Morgan fingerprint density at radius 2 is 2.07 bits per heavy atom. The average Bonchev–Trinajstić information content (AvgIpc) is 3.11. The van der Waals surface area contributed by atoms with Gasteiger partial charge < -0.3 is 19.5 Å². The summed E-state index contributed by atoms with van der Waals surface area (Å²) in [6.07, 6.45) is 2.18. The molecular formula is C22H28FN3O3. The number of rotatable bonds is 4. The molecule has 6 nitrogen and oxygen atoms in total. The van der Waals surface area contributed by atoms with Crippen molar-refractivity contribution in [3.8, 4) is 0 Å². The number of likely N-dealkylation sites (N-methyl/N-ethyl adjacent to an activating group) is 1. The summed E-state index contributed by atoms with van der Waals surface area (Å²) in [4.78, 5) is 32.5. The highest BCUT2D eigenvalue weighted by molar-refractivity contribution is 5.90. The molecule has 2 aromatic rings. The van der Waals surface area contributed by atoms with Crippen LogP contribution >= 0.6 is 0 Å². The third kappa shape index (κ3) is 3.75. The molecular weight excluding hydrogens is 373 g/mol. The van der Waals surface area contributed by atoms with Gasteiger partial charge in [0.05, 0.1) is 11.8 Å². The Morgan fingerprint density at radius 1 is 1.34 bits per heavy atom. The van der Waals surface area contributed by atoms with Crippen molar-refractivity contribution < 1.29 is 18.7 Å². The van der Waals surface area contributed by atoms with Crippen LogP contribution < -0.4 is 0 Å². The van der Waals surface area contributed by atoms with E-state index in [9.17, 15) is 14.0 Å². The second-order valence-electron chi connectivity index (χ2n) is 8.75. The Morgan fingerprint density at radius 3 is 2.76 bits per heavy atom. The summed E-state index contributed by atoms with van der Waals surface area (Å²) >= 11 is 0. The van der Waals surface area contributed by atoms with Gasteiger partial charge in [-0.1, -0.05) is 0 Å². The van der Waals surface area contributed by atoms with Crippen LogP contribution in [0.25, 0.3) is 10.9 Å². The molecule has 3 heterocycles. The van der Waals surface area contributed by atoms with Gasteiger partial charge in [0.15, 0.2) is 0 Å². The predicted molar refractivity (Wildman–Crippen MR) is 108 cm³/mol. The zero-order valence-electron chi connectivity index (χ0n) is 17.3. The molecule has 2 aliphatic rings. The molecule has 1 amide bonds. The number of cyclic esters (lactones) is 1. The number of benzene rings is 1. The lowest BCUT2D eigenvalue weighted by molar-refractivity contribution is -0.152. The number of hydrogen-bond donors (Lipinski definition) is 1. The van der Waals surface area contributed by atoms with Crippen LogP contribution in [0.15, 0.2) is 18.2 Å². The fraction of sp³-hybridized carbons (Fsp3) is 0.545. The minimum atomic E-state index is -0.447. The second kappa shape index (κ2) is 7.44. The van der Waals surface area contributed by atoms with Crippen LogP contribution in [0.1, 0.15) is 30.5 Å². The quantitative estimate of drug-likeness (QED) is 0.800. The SMILES string of the molecule is Cc1[nH]c2ccc(F)cc2c1CC(=O)N1CCC2(CC1)CC(CN(C)C)OC2=O. The van der Waals surface area contributed by atoms with Crippen molar-refractivity contribution in [3.63, 3.8) is 0 Å². The van der Waals surface area contributed by atoms with Crippen LogP contribution in [0.2, 0.25) is 0 Å². The maximum Gasteiger partial charge on any atom is 0.312 e. The van der Waals surface area contributed by atoms with Gasteiger partial charge in [-0.25, -0.2) is 4.39 Å². The fourth-order valence-corrected chi connectivity index (χ4v) is 4.78. The number of fused-ring (bicyclic) bond motifs is 1. The number of halogens is 1. The number of ether oxygens (including phenoxy) is 1. The maximum atomic E-state index is 13.7. The standard InChI is InChI=1S/C22H28FN3O3/c1-14-17(18-10-15(23)4-5-19(18)24-14)11-20(27)26-8-6-22(7-9-26)12-16(13-25(2)3)29-21(22)28/h4-5,10,16,24H,6-9,11-13H2,1-3H3. The summed E-state index contributed by atoms with van der Waals surface area (Å²) < 4.78 is 19.3. The van der Waals surface area contributed by atoms with E-state index >= 15 is 0 Å². The topological polar surface area (TPSA) is 65.6 Å². The summed E-state index contributed by atoms with van der Waals surface area (Å²) in [6, 6.07) is 4.59. The molecule has 1 spiro atoms. The first-order valence-electron chi connectivity index (χ1n) is 10.2. The molecule has 0 bridgehead atoms. The Bertz CT molecular complexity index is 944. The van der Waals surface area contributed by atoms with Crippen molar-refractivity contribution >= 4 is 22.8 Å². The zero-order valence-corrected chi connectivity index (χ0v) is 17.3. The number of carbonyl (C=O) groups excluding carboxylic acids is 2. The molecule has 1 unspecified atom stereocenters. The number of amides is 1. The zero-order chi connectivity index (χ0) is 20.8. The van der Waals surface area contributed by atoms with Gasteiger partial charge in [-0.05, 0) is 57.6 Å². The van der Waals surface area contributed by atoms with Crippen molar-refractivity contribution in [1.82, 2.24) is 14.8 Å². The fourth-order valence-electron chi connectivity index (χ4n) is 4.78. The van der Waals surface area contributed by atoms with E-state index < -0.39 is 5.41 Å². The van der Waals surface area contributed by atoms with Gasteiger partial charge in [0, 0.05) is 42.7 Å². The first-order chi connectivity index (χ1) is 13.8. The Hall–Kier alpha value is -2.41. The third-order valence-corrected chi connectivity index (χ3v) is 6.38. The van der Waals surface area contributed by atoms with Crippen LogP contribution in [0.3, 0.4) is 0 Å². The number of hydrogen-bond acceptors (Lipinski definition) is 4. The van der Waals surface area contributed by atoms with Crippen molar-refractivity contribution in [2.24, 2.45) is 5.41 Å². The van der Waals surface area contributed by atoms with E-state index in [1.165, 1.54) is 12.1 Å². The number of nitrogens with zero attached hydrogens (tertiary/aromatic N) is 2. The first-order valence-corrected chi connectivity index (χ1v) is 10.2. The minimum Gasteiger partial charge on any atom is -0.461 e. The molecule has 1 aromatic carbocycles. The van der Waals surface area contributed by atoms with Crippen LogP contribution in [-0.2, 0) is 20.7 Å². The molecule has 0 aliphatic carbocycles. The van der Waals surface area contributed by atoms with Crippen molar-refractivity contribution in [3.05, 3.63) is 35.3 Å². The number of aromatic amines is 1. The van der Waals surface area contributed by atoms with Crippen molar-refractivity contribution in [2.45, 2.75) is 38.7 Å². The molecule has 2 aliphatic heterocycles. The summed E-state index contributed by atoms with van der Waals surface area (Å²) in [5.74, 6) is -0.402. The van der Waals surface area contributed by atoms with E-state index in [4.69, 9.17) is 4.74 Å². The lowest BCUT2D eigenvalue weighted by atomic mass is 9.76. The molecule has 1 atom stereocenters. The number of carbonyl (C=O) groups is 2. The molecule has 0 radical (unpaired) electrons. The van der Waals surface area contributed by atoms with Crippen LogP contribution in [0.5, 0.6) is 0 Å². The minimum absolute atomic E-state index is 0.0179. The third-order valence-electron chi connectivity index (χ3n) is 6.38. The van der Waals surface area contributed by atoms with E-state index in [1.54, 1.807) is 6.07 Å². The average molecular weight is 401 g/mol. The number of piperidine rings is 1. The number of H-pyrrole nitrogens is 1. The highest BCUT2D eigenvalue weighted by Gasteiger charge is 2.50. The Kier molecular flexibility index (Phi) is 5.11. The Labute approximate surface area is 170 Å². The smallest absolute Gasteiger partial charge is 0.312 e. The van der Waals surface area contributed by atoms with E-state index in [-0.39, 0.29) is 30.2 Å². The predicted octanol–water partition coefficient (Wildman–Crippen LogP) is 2.64. The number of esters is 1. The largest absolute Gasteiger partial charge is 0.461 e. The van der Waals surface area contributed by atoms with Crippen LogP contribution in [0.4, 0.5) is 4.39 Å². The second-order valence-corrected chi connectivity index (χ2v) is 8.75. The van der Waals surface area contributed by atoms with Crippen LogP contribution in [0, 0.1) is 18.2 Å². The highest BCUT2D eigenvalue weighted by Crippen LogP contribution is 2.43. The molecule has 2 saturated heterocycles. The summed E-state index contributed by atoms with van der Waals surface area (Å²) in [5, 5.41) is 0.759. The van der Waals surface area contributed by atoms with Gasteiger partial charge in [-0.3, -0.25) is 9.59 Å². The van der Waals surface area contributed by atoms with Gasteiger partial charge in [0.2, 0.25) is 5.91 Å². The summed E-state index contributed by atoms with van der Waals surface area (Å²) in [6.45, 7) is 3.74. The van der Waals surface area contributed by atoms with Gasteiger partial charge in [-0.15, -0.1) is 0 Å². The molecule has 29 heavy (non-hydrogen) atoms. The van der Waals surface area contributed by atoms with Gasteiger partial charge in [-0.2, -0.15) is 0 Å². The van der Waals surface area contributed by atoms with Gasteiger partial charge in [0.25, 0.3) is 0 Å². The summed E-state index contributed by atoms with van der Waals surface area (Å²) in [5.41, 5.74) is 2.12. The van der Waals surface area contributed by atoms with Crippen LogP contribution in [-0.4, -0.2) is 66.5 Å². The number of nitrogens with one attached hydrogen (secondary N) is 1. The van der Waals surface area contributed by atoms with Crippen molar-refractivity contribution in [1.29, 1.82) is 0 Å². The van der Waals surface area contributed by atoms with E-state index in [0.717, 1.165) is 35.1 Å². The number of likely N-dealkylation sites (tertiary alicyclic amines) is 1. The number of aryl methyl sites for hydroxylation is 1. The lowest BCUT2D eigenvalue weighted by Crippen LogP contribution is -2.45. The highest BCUT2D eigenvalue weighted by atomic mass is 19.1. The first kappa shape index (κ1) is 19.9. The van der Waals surface area contributed by atoms with Gasteiger partial charge in [0.1, 0.15) is 11.9 Å². The van der Waals surface area contributed by atoms with E-state index in [1.807, 2.05) is 30.8 Å². The van der Waals surface area contributed by atoms with E-state index in [2.05, 4.69) is 4.98 Å².